The van der Waals surface area contributed by atoms with E-state index in [1.807, 2.05) is 6.92 Å². The summed E-state index contributed by atoms with van der Waals surface area (Å²) < 4.78 is 5.59. The molecule has 1 heterocycles. The second-order valence-electron chi connectivity index (χ2n) is 4.82. The zero-order valence-electron chi connectivity index (χ0n) is 10.4. The van der Waals surface area contributed by atoms with Gasteiger partial charge in [-0.25, -0.2) is 0 Å². The van der Waals surface area contributed by atoms with Gasteiger partial charge in [-0.3, -0.25) is 0 Å². The van der Waals surface area contributed by atoms with Crippen molar-refractivity contribution in [3.8, 4) is 5.75 Å². The first-order chi connectivity index (χ1) is 7.52. The van der Waals surface area contributed by atoms with Crippen LogP contribution in [0.5, 0.6) is 5.75 Å². The van der Waals surface area contributed by atoms with Gasteiger partial charge in [0.25, 0.3) is 0 Å². The summed E-state index contributed by atoms with van der Waals surface area (Å²) in [4.78, 5) is 0. The Morgan fingerprint density at radius 2 is 2.06 bits per heavy atom. The van der Waals surface area contributed by atoms with Crippen molar-refractivity contribution in [2.75, 3.05) is 11.9 Å². The smallest absolute Gasteiger partial charge is 0.122 e. The molecule has 1 aromatic rings. The van der Waals surface area contributed by atoms with E-state index in [1.54, 1.807) is 0 Å². The molecule has 16 heavy (non-hydrogen) atoms. The standard InChI is InChI=1S/C14H19NO/c1-5-16-13-9-11-6-7-14(3,4)15-12(11)8-10(13)2/h6-9,15H,5H2,1-4H3. The van der Waals surface area contributed by atoms with Gasteiger partial charge in [0.15, 0.2) is 0 Å². The molecular weight excluding hydrogens is 198 g/mol. The predicted octanol–water partition coefficient (Wildman–Crippen LogP) is 3.61. The topological polar surface area (TPSA) is 21.3 Å². The molecule has 2 nitrogen and oxygen atoms in total. The van der Waals surface area contributed by atoms with E-state index in [-0.39, 0.29) is 5.54 Å². The van der Waals surface area contributed by atoms with Crippen LogP contribution in [0.2, 0.25) is 0 Å². The van der Waals surface area contributed by atoms with Crippen molar-refractivity contribution in [2.24, 2.45) is 0 Å². The average Bonchev–Trinajstić information content (AvgIpc) is 2.19. The molecule has 2 heteroatoms. The summed E-state index contributed by atoms with van der Waals surface area (Å²) in [5, 5.41) is 3.50. The molecule has 0 unspecified atom stereocenters. The summed E-state index contributed by atoms with van der Waals surface area (Å²) in [7, 11) is 0. The third kappa shape index (κ3) is 2.06. The number of hydrogen-bond donors (Lipinski definition) is 1. The van der Waals surface area contributed by atoms with Gasteiger partial charge in [-0.2, -0.15) is 0 Å². The molecule has 0 fully saturated rings. The molecule has 0 amide bonds. The van der Waals surface area contributed by atoms with Crippen molar-refractivity contribution in [3.63, 3.8) is 0 Å². The minimum absolute atomic E-state index is 0.0343. The minimum Gasteiger partial charge on any atom is -0.494 e. The highest BCUT2D eigenvalue weighted by atomic mass is 16.5. The Morgan fingerprint density at radius 1 is 1.31 bits per heavy atom. The molecule has 0 saturated carbocycles. The molecule has 86 valence electrons. The molecule has 0 spiro atoms. The molecule has 1 aliphatic heterocycles. The Kier molecular flexibility index (Phi) is 2.66. The molecule has 1 aromatic carbocycles. The van der Waals surface area contributed by atoms with Crippen molar-refractivity contribution in [3.05, 3.63) is 29.3 Å². The zero-order chi connectivity index (χ0) is 11.8. The number of hydrogen-bond acceptors (Lipinski definition) is 2. The fourth-order valence-corrected chi connectivity index (χ4v) is 1.95. The van der Waals surface area contributed by atoms with E-state index in [0.717, 1.165) is 5.75 Å². The van der Waals surface area contributed by atoms with Crippen LogP contribution in [0.15, 0.2) is 18.2 Å². The summed E-state index contributed by atoms with van der Waals surface area (Å²) in [5.74, 6) is 0.979. The first kappa shape index (κ1) is 11.1. The van der Waals surface area contributed by atoms with E-state index in [2.05, 4.69) is 50.4 Å². The van der Waals surface area contributed by atoms with E-state index >= 15 is 0 Å². The lowest BCUT2D eigenvalue weighted by atomic mass is 9.95. The first-order valence-electron chi connectivity index (χ1n) is 5.77. The lowest BCUT2D eigenvalue weighted by Gasteiger charge is -2.29. The molecule has 1 N–H and O–H groups in total. The van der Waals surface area contributed by atoms with E-state index in [1.165, 1.54) is 16.8 Å². The Morgan fingerprint density at radius 3 is 2.75 bits per heavy atom. The summed E-state index contributed by atoms with van der Waals surface area (Å²) in [6.07, 6.45) is 4.34. The van der Waals surface area contributed by atoms with Gasteiger partial charge in [0, 0.05) is 11.3 Å². The zero-order valence-corrected chi connectivity index (χ0v) is 10.4. The second-order valence-corrected chi connectivity index (χ2v) is 4.82. The van der Waals surface area contributed by atoms with Gasteiger partial charge in [0.2, 0.25) is 0 Å². The second kappa shape index (κ2) is 3.85. The number of aryl methyl sites for hydroxylation is 1. The summed E-state index contributed by atoms with van der Waals surface area (Å²) in [5.41, 5.74) is 3.60. The average molecular weight is 217 g/mol. The van der Waals surface area contributed by atoms with Crippen molar-refractivity contribution in [2.45, 2.75) is 33.2 Å². The van der Waals surface area contributed by atoms with E-state index in [9.17, 15) is 0 Å². The van der Waals surface area contributed by atoms with Crippen LogP contribution in [0.25, 0.3) is 6.08 Å². The number of nitrogens with one attached hydrogen (secondary N) is 1. The van der Waals surface area contributed by atoms with Gasteiger partial charge in [-0.15, -0.1) is 0 Å². The Bertz CT molecular complexity index is 433. The Balaban J connectivity index is 2.41. The lowest BCUT2D eigenvalue weighted by molar-refractivity contribution is 0.338. The van der Waals surface area contributed by atoms with Crippen LogP contribution >= 0.6 is 0 Å². The molecule has 0 atom stereocenters. The number of fused-ring (bicyclic) bond motifs is 1. The van der Waals surface area contributed by atoms with E-state index in [0.29, 0.717) is 6.61 Å². The van der Waals surface area contributed by atoms with Crippen LogP contribution in [0.3, 0.4) is 0 Å². The normalized spacial score (nSPS) is 16.5. The molecule has 0 bridgehead atoms. The van der Waals surface area contributed by atoms with Crippen molar-refractivity contribution in [1.82, 2.24) is 0 Å². The predicted molar refractivity (Wildman–Crippen MR) is 69.1 cm³/mol. The molecule has 0 saturated heterocycles. The molecule has 2 rings (SSSR count). The number of ether oxygens (including phenoxy) is 1. The van der Waals surface area contributed by atoms with Gasteiger partial charge in [-0.05, 0) is 45.4 Å². The van der Waals surface area contributed by atoms with Crippen LogP contribution in [0, 0.1) is 6.92 Å². The maximum atomic E-state index is 5.59. The fraction of sp³-hybridized carbons (Fsp3) is 0.429. The van der Waals surface area contributed by atoms with E-state index < -0.39 is 0 Å². The number of rotatable bonds is 2. The van der Waals surface area contributed by atoms with Crippen LogP contribution < -0.4 is 10.1 Å². The van der Waals surface area contributed by atoms with Gasteiger partial charge in [0.05, 0.1) is 12.1 Å². The van der Waals surface area contributed by atoms with Crippen LogP contribution in [0.1, 0.15) is 31.9 Å². The van der Waals surface area contributed by atoms with Crippen molar-refractivity contribution in [1.29, 1.82) is 0 Å². The highest BCUT2D eigenvalue weighted by Crippen LogP contribution is 2.33. The molecule has 0 radical (unpaired) electrons. The van der Waals surface area contributed by atoms with Crippen LogP contribution in [0.4, 0.5) is 5.69 Å². The maximum absolute atomic E-state index is 5.59. The van der Waals surface area contributed by atoms with Crippen molar-refractivity contribution >= 4 is 11.8 Å². The van der Waals surface area contributed by atoms with Crippen molar-refractivity contribution < 1.29 is 4.74 Å². The largest absolute Gasteiger partial charge is 0.494 e. The SMILES string of the molecule is CCOc1cc2c(cc1C)NC(C)(C)C=C2. The summed E-state index contributed by atoms with van der Waals surface area (Å²) in [6, 6.07) is 4.26. The Hall–Kier alpha value is -1.44. The summed E-state index contributed by atoms with van der Waals surface area (Å²) in [6.45, 7) is 9.13. The number of benzene rings is 1. The van der Waals surface area contributed by atoms with E-state index in [4.69, 9.17) is 4.74 Å². The van der Waals surface area contributed by atoms with Crippen LogP contribution in [-0.4, -0.2) is 12.1 Å². The molecule has 1 aliphatic rings. The van der Waals surface area contributed by atoms with Gasteiger partial charge >= 0.3 is 0 Å². The minimum atomic E-state index is 0.0343. The number of anilines is 1. The maximum Gasteiger partial charge on any atom is 0.122 e. The Labute approximate surface area is 97.3 Å². The lowest BCUT2D eigenvalue weighted by Crippen LogP contribution is -2.30. The molecular formula is C14H19NO. The molecule has 0 aromatic heterocycles. The third-order valence-corrected chi connectivity index (χ3v) is 2.78. The highest BCUT2D eigenvalue weighted by Gasteiger charge is 2.19. The first-order valence-corrected chi connectivity index (χ1v) is 5.77. The van der Waals surface area contributed by atoms with Gasteiger partial charge in [-0.1, -0.05) is 12.2 Å². The third-order valence-electron chi connectivity index (χ3n) is 2.78. The quantitative estimate of drug-likeness (QED) is 0.817. The molecule has 0 aliphatic carbocycles. The fourth-order valence-electron chi connectivity index (χ4n) is 1.95. The summed E-state index contributed by atoms with van der Waals surface area (Å²) >= 11 is 0. The monoisotopic (exact) mass is 217 g/mol. The highest BCUT2D eigenvalue weighted by molar-refractivity contribution is 5.74. The van der Waals surface area contributed by atoms with Crippen LogP contribution in [-0.2, 0) is 0 Å². The van der Waals surface area contributed by atoms with Gasteiger partial charge in [0.1, 0.15) is 5.75 Å². The van der Waals surface area contributed by atoms with Gasteiger partial charge < -0.3 is 10.1 Å².